The second-order valence-corrected chi connectivity index (χ2v) is 6.25. The maximum atomic E-state index is 12.6. The van der Waals surface area contributed by atoms with E-state index in [1.54, 1.807) is 6.33 Å². The van der Waals surface area contributed by atoms with Gasteiger partial charge in [0, 0.05) is 37.6 Å². The van der Waals surface area contributed by atoms with Crippen molar-refractivity contribution in [3.05, 3.63) is 60.4 Å². The fourth-order valence-corrected chi connectivity index (χ4v) is 3.26. The van der Waals surface area contributed by atoms with Gasteiger partial charge in [0.2, 0.25) is 0 Å². The molecule has 0 aromatic carbocycles. The van der Waals surface area contributed by atoms with Crippen molar-refractivity contribution in [1.82, 2.24) is 19.3 Å². The molecule has 3 aromatic rings. The molecule has 3 aromatic heterocycles. The van der Waals surface area contributed by atoms with Crippen LogP contribution in [0.5, 0.6) is 0 Å². The average molecular weight is 324 g/mol. The SMILES string of the molecule is Cn1cncc1[C@H]1C[C@@H](NC(=O)c2cc3ccccn3c2)CCO1. The molecule has 4 rings (SSSR count). The molecule has 1 N–H and O–H groups in total. The molecule has 0 spiro atoms. The molecule has 6 heteroatoms. The summed E-state index contributed by atoms with van der Waals surface area (Å²) in [5.74, 6) is -0.0330. The Bertz CT molecular complexity index is 834. The number of aromatic nitrogens is 3. The normalized spacial score (nSPS) is 21.0. The molecular formula is C18H20N4O2. The number of pyridine rings is 1. The summed E-state index contributed by atoms with van der Waals surface area (Å²) in [7, 11) is 1.96. The topological polar surface area (TPSA) is 60.6 Å². The van der Waals surface area contributed by atoms with Crippen LogP contribution in [0.25, 0.3) is 5.52 Å². The second kappa shape index (κ2) is 6.13. The number of carbonyl (C=O) groups is 1. The van der Waals surface area contributed by atoms with Gasteiger partial charge in [0.15, 0.2) is 0 Å². The van der Waals surface area contributed by atoms with Crippen molar-refractivity contribution in [1.29, 1.82) is 0 Å². The fraction of sp³-hybridized carbons (Fsp3) is 0.333. The Labute approximate surface area is 140 Å². The predicted molar refractivity (Wildman–Crippen MR) is 89.8 cm³/mol. The maximum absolute atomic E-state index is 12.6. The summed E-state index contributed by atoms with van der Waals surface area (Å²) >= 11 is 0. The van der Waals surface area contributed by atoms with Crippen LogP contribution in [0.15, 0.2) is 49.2 Å². The monoisotopic (exact) mass is 324 g/mol. The van der Waals surface area contributed by atoms with Gasteiger partial charge in [-0.2, -0.15) is 0 Å². The Kier molecular flexibility index (Phi) is 3.82. The summed E-state index contributed by atoms with van der Waals surface area (Å²) in [4.78, 5) is 16.7. The second-order valence-electron chi connectivity index (χ2n) is 6.25. The minimum Gasteiger partial charge on any atom is -0.372 e. The van der Waals surface area contributed by atoms with E-state index in [-0.39, 0.29) is 18.1 Å². The summed E-state index contributed by atoms with van der Waals surface area (Å²) in [6.07, 6.45) is 8.97. The number of hydrogen-bond acceptors (Lipinski definition) is 3. The van der Waals surface area contributed by atoms with Crippen LogP contribution in [-0.4, -0.2) is 32.5 Å². The first-order valence-corrected chi connectivity index (χ1v) is 8.16. The zero-order chi connectivity index (χ0) is 16.5. The Morgan fingerprint density at radius 3 is 3.12 bits per heavy atom. The molecule has 1 aliphatic rings. The Morgan fingerprint density at radius 2 is 2.33 bits per heavy atom. The molecule has 1 fully saturated rings. The Morgan fingerprint density at radius 1 is 1.42 bits per heavy atom. The highest BCUT2D eigenvalue weighted by atomic mass is 16.5. The van der Waals surface area contributed by atoms with Crippen LogP contribution in [0.1, 0.15) is 35.0 Å². The molecule has 0 unspecified atom stereocenters. The van der Waals surface area contributed by atoms with Crippen molar-refractivity contribution in [2.45, 2.75) is 25.0 Å². The number of ether oxygens (including phenoxy) is 1. The lowest BCUT2D eigenvalue weighted by molar-refractivity contribution is -0.00301. The minimum absolute atomic E-state index is 0.0235. The van der Waals surface area contributed by atoms with Gasteiger partial charge in [0.1, 0.15) is 6.10 Å². The van der Waals surface area contributed by atoms with Crippen LogP contribution >= 0.6 is 0 Å². The first-order chi connectivity index (χ1) is 11.7. The highest BCUT2D eigenvalue weighted by Crippen LogP contribution is 2.27. The molecule has 6 nitrogen and oxygen atoms in total. The third-order valence-electron chi connectivity index (χ3n) is 4.57. The number of rotatable bonds is 3. The van der Waals surface area contributed by atoms with E-state index in [2.05, 4.69) is 10.3 Å². The molecule has 24 heavy (non-hydrogen) atoms. The fourth-order valence-electron chi connectivity index (χ4n) is 3.26. The molecule has 0 bridgehead atoms. The number of fused-ring (bicyclic) bond motifs is 1. The molecule has 124 valence electrons. The highest BCUT2D eigenvalue weighted by Gasteiger charge is 2.27. The third kappa shape index (κ3) is 2.80. The number of nitrogens with zero attached hydrogens (tertiary/aromatic N) is 3. The summed E-state index contributed by atoms with van der Waals surface area (Å²) in [5.41, 5.74) is 2.75. The van der Waals surface area contributed by atoms with E-state index < -0.39 is 0 Å². The summed E-state index contributed by atoms with van der Waals surface area (Å²) in [6.45, 7) is 0.637. The summed E-state index contributed by atoms with van der Waals surface area (Å²) in [6, 6.07) is 7.92. The van der Waals surface area contributed by atoms with Gasteiger partial charge in [-0.3, -0.25) is 4.79 Å². The van der Waals surface area contributed by atoms with E-state index in [1.807, 2.05) is 58.9 Å². The van der Waals surface area contributed by atoms with Gasteiger partial charge in [0.25, 0.3) is 5.91 Å². The number of aryl methyl sites for hydroxylation is 1. The third-order valence-corrected chi connectivity index (χ3v) is 4.57. The first-order valence-electron chi connectivity index (χ1n) is 8.16. The largest absolute Gasteiger partial charge is 0.372 e. The van der Waals surface area contributed by atoms with E-state index in [9.17, 15) is 4.79 Å². The van der Waals surface area contributed by atoms with Crippen molar-refractivity contribution in [2.24, 2.45) is 7.05 Å². The number of imidazole rings is 1. The molecular weight excluding hydrogens is 304 g/mol. The maximum Gasteiger partial charge on any atom is 0.253 e. The number of nitrogens with one attached hydrogen (secondary N) is 1. The number of carbonyl (C=O) groups excluding carboxylic acids is 1. The van der Waals surface area contributed by atoms with E-state index in [0.717, 1.165) is 24.1 Å². The van der Waals surface area contributed by atoms with Crippen molar-refractivity contribution < 1.29 is 9.53 Å². The molecule has 2 atom stereocenters. The quantitative estimate of drug-likeness (QED) is 0.804. The molecule has 0 radical (unpaired) electrons. The van der Waals surface area contributed by atoms with Crippen molar-refractivity contribution in [3.8, 4) is 0 Å². The zero-order valence-electron chi connectivity index (χ0n) is 13.6. The average Bonchev–Trinajstić information content (AvgIpc) is 3.21. The van der Waals surface area contributed by atoms with E-state index in [0.29, 0.717) is 12.2 Å². The van der Waals surface area contributed by atoms with E-state index in [4.69, 9.17) is 4.74 Å². The molecule has 0 aliphatic carbocycles. The molecule has 4 heterocycles. The lowest BCUT2D eigenvalue weighted by Crippen LogP contribution is -2.40. The predicted octanol–water partition coefficient (Wildman–Crippen LogP) is 2.32. The van der Waals surface area contributed by atoms with Crippen LogP contribution in [0.4, 0.5) is 0 Å². The van der Waals surface area contributed by atoms with Crippen molar-refractivity contribution in [2.75, 3.05) is 6.61 Å². The molecule has 0 saturated carbocycles. The van der Waals surface area contributed by atoms with E-state index in [1.165, 1.54) is 0 Å². The first kappa shape index (κ1) is 15.0. The van der Waals surface area contributed by atoms with Crippen molar-refractivity contribution >= 4 is 11.4 Å². The molecule has 1 amide bonds. The van der Waals surface area contributed by atoms with Gasteiger partial charge in [-0.05, 0) is 31.0 Å². The van der Waals surface area contributed by atoms with Gasteiger partial charge < -0.3 is 19.0 Å². The zero-order valence-corrected chi connectivity index (χ0v) is 13.6. The lowest BCUT2D eigenvalue weighted by Gasteiger charge is -2.30. The number of hydrogen-bond donors (Lipinski definition) is 1. The van der Waals surface area contributed by atoms with Crippen LogP contribution in [0.2, 0.25) is 0 Å². The van der Waals surface area contributed by atoms with Gasteiger partial charge >= 0.3 is 0 Å². The Balaban J connectivity index is 1.46. The smallest absolute Gasteiger partial charge is 0.253 e. The van der Waals surface area contributed by atoms with Gasteiger partial charge in [0.05, 0.1) is 23.8 Å². The summed E-state index contributed by atoms with van der Waals surface area (Å²) in [5, 5.41) is 3.15. The Hall–Kier alpha value is -2.60. The standard InChI is InChI=1S/C18H20N4O2/c1-21-12-19-10-16(21)17-9-14(5-7-24-17)20-18(23)13-8-15-4-2-3-6-22(15)11-13/h2-4,6,8,10-12,14,17H,5,7,9H2,1H3,(H,20,23)/t14-,17+/m0/s1. The molecule has 1 saturated heterocycles. The van der Waals surface area contributed by atoms with Crippen LogP contribution in [0, 0.1) is 0 Å². The van der Waals surface area contributed by atoms with E-state index >= 15 is 0 Å². The molecule has 1 aliphatic heterocycles. The lowest BCUT2D eigenvalue weighted by atomic mass is 10.0. The van der Waals surface area contributed by atoms with Crippen LogP contribution in [0.3, 0.4) is 0 Å². The van der Waals surface area contributed by atoms with Crippen molar-refractivity contribution in [3.63, 3.8) is 0 Å². The highest BCUT2D eigenvalue weighted by molar-refractivity contribution is 5.95. The summed E-state index contributed by atoms with van der Waals surface area (Å²) < 4.78 is 9.78. The van der Waals surface area contributed by atoms with Crippen LogP contribution < -0.4 is 5.32 Å². The van der Waals surface area contributed by atoms with Gasteiger partial charge in [-0.1, -0.05) is 6.07 Å². The van der Waals surface area contributed by atoms with Crippen LogP contribution in [-0.2, 0) is 11.8 Å². The minimum atomic E-state index is -0.0330. The van der Waals surface area contributed by atoms with Gasteiger partial charge in [-0.25, -0.2) is 4.98 Å². The van der Waals surface area contributed by atoms with Gasteiger partial charge in [-0.15, -0.1) is 0 Å². The number of amides is 1.